The van der Waals surface area contributed by atoms with Crippen LogP contribution in [0.5, 0.6) is 0 Å². The first-order valence-electron chi connectivity index (χ1n) is 7.79. The lowest BCUT2D eigenvalue weighted by Crippen LogP contribution is -2.17. The lowest BCUT2D eigenvalue weighted by atomic mass is 10.1. The Hall–Kier alpha value is -3.15. The summed E-state index contributed by atoms with van der Waals surface area (Å²) in [6.07, 6.45) is 1.70. The molecule has 6 nitrogen and oxygen atoms in total. The summed E-state index contributed by atoms with van der Waals surface area (Å²) in [6, 6.07) is 15.9. The van der Waals surface area contributed by atoms with E-state index in [9.17, 15) is 4.79 Å². The minimum atomic E-state index is 0.0705. The molecule has 0 saturated carbocycles. The third kappa shape index (κ3) is 2.52. The molecule has 1 amide bonds. The van der Waals surface area contributed by atoms with Crippen LogP contribution in [-0.4, -0.2) is 32.6 Å². The molecular weight excluding hydrogens is 302 g/mol. The molecule has 0 saturated heterocycles. The molecule has 1 aliphatic heterocycles. The van der Waals surface area contributed by atoms with Crippen molar-refractivity contribution in [2.45, 2.75) is 13.1 Å². The van der Waals surface area contributed by atoms with E-state index in [0.717, 1.165) is 28.3 Å². The van der Waals surface area contributed by atoms with Crippen LogP contribution >= 0.6 is 0 Å². The molecule has 4 rings (SSSR count). The molecule has 6 heteroatoms. The average Bonchev–Trinajstić information content (AvgIpc) is 3.19. The van der Waals surface area contributed by atoms with Gasteiger partial charge in [0.25, 0.3) is 5.91 Å². The molecule has 2 heterocycles. The molecule has 120 valence electrons. The van der Waals surface area contributed by atoms with Crippen molar-refractivity contribution in [2.24, 2.45) is 0 Å². The second-order valence-corrected chi connectivity index (χ2v) is 5.84. The van der Waals surface area contributed by atoms with Crippen LogP contribution in [0.15, 0.2) is 54.9 Å². The standard InChI is InChI=1S/C18H17N5O/c1-22-11-13-7-8-14(9-16(13)18(22)24)19-10-17-21-20-12-23(17)15-5-3-2-4-6-15/h2-9,12,19H,10-11H2,1H3. The summed E-state index contributed by atoms with van der Waals surface area (Å²) in [5.41, 5.74) is 3.76. The molecule has 0 bridgehead atoms. The predicted molar refractivity (Wildman–Crippen MR) is 90.9 cm³/mol. The number of anilines is 1. The topological polar surface area (TPSA) is 63.0 Å². The molecule has 1 aliphatic rings. The zero-order valence-corrected chi connectivity index (χ0v) is 13.3. The lowest BCUT2D eigenvalue weighted by Gasteiger charge is -2.09. The smallest absolute Gasteiger partial charge is 0.254 e. The minimum Gasteiger partial charge on any atom is -0.378 e. The lowest BCUT2D eigenvalue weighted by molar-refractivity contribution is 0.0816. The molecule has 1 aromatic heterocycles. The fourth-order valence-electron chi connectivity index (χ4n) is 2.92. The van der Waals surface area contributed by atoms with Gasteiger partial charge in [-0.15, -0.1) is 10.2 Å². The number of nitrogens with zero attached hydrogens (tertiary/aromatic N) is 4. The number of carbonyl (C=O) groups is 1. The van der Waals surface area contributed by atoms with Gasteiger partial charge < -0.3 is 10.2 Å². The normalized spacial score (nSPS) is 13.2. The highest BCUT2D eigenvalue weighted by Gasteiger charge is 2.24. The Kier molecular flexibility index (Phi) is 3.49. The molecule has 1 N–H and O–H groups in total. The highest BCUT2D eigenvalue weighted by molar-refractivity contribution is 5.99. The maximum absolute atomic E-state index is 12.1. The van der Waals surface area contributed by atoms with Crippen molar-refractivity contribution in [3.05, 3.63) is 71.8 Å². The number of hydrogen-bond acceptors (Lipinski definition) is 4. The van der Waals surface area contributed by atoms with Gasteiger partial charge >= 0.3 is 0 Å². The highest BCUT2D eigenvalue weighted by atomic mass is 16.2. The van der Waals surface area contributed by atoms with Crippen molar-refractivity contribution in [2.75, 3.05) is 12.4 Å². The number of benzene rings is 2. The van der Waals surface area contributed by atoms with Crippen LogP contribution < -0.4 is 5.32 Å². The van der Waals surface area contributed by atoms with Crippen LogP contribution in [0.1, 0.15) is 21.7 Å². The van der Waals surface area contributed by atoms with Gasteiger partial charge in [0.2, 0.25) is 0 Å². The number of para-hydroxylation sites is 1. The van der Waals surface area contributed by atoms with Crippen molar-refractivity contribution >= 4 is 11.6 Å². The second kappa shape index (κ2) is 5.81. The first kappa shape index (κ1) is 14.4. The van der Waals surface area contributed by atoms with Gasteiger partial charge in [0.15, 0.2) is 5.82 Å². The molecule has 0 spiro atoms. The second-order valence-electron chi connectivity index (χ2n) is 5.84. The number of nitrogens with one attached hydrogen (secondary N) is 1. The molecule has 0 fully saturated rings. The first-order chi connectivity index (χ1) is 11.7. The minimum absolute atomic E-state index is 0.0705. The van der Waals surface area contributed by atoms with E-state index in [4.69, 9.17) is 0 Å². The Morgan fingerprint density at radius 1 is 1.17 bits per heavy atom. The Labute approximate surface area is 139 Å². The van der Waals surface area contributed by atoms with Crippen molar-refractivity contribution in [1.29, 1.82) is 0 Å². The van der Waals surface area contributed by atoms with Gasteiger partial charge in [0, 0.05) is 30.5 Å². The van der Waals surface area contributed by atoms with Crippen LogP contribution in [-0.2, 0) is 13.1 Å². The van der Waals surface area contributed by atoms with Gasteiger partial charge in [-0.05, 0) is 29.8 Å². The van der Waals surface area contributed by atoms with E-state index in [1.807, 2.05) is 60.1 Å². The summed E-state index contributed by atoms with van der Waals surface area (Å²) >= 11 is 0. The number of carbonyl (C=O) groups excluding carboxylic acids is 1. The number of amides is 1. The first-order valence-corrected chi connectivity index (χ1v) is 7.79. The summed E-state index contributed by atoms with van der Waals surface area (Å²) in [5.74, 6) is 0.881. The van der Waals surface area contributed by atoms with Crippen molar-refractivity contribution in [3.63, 3.8) is 0 Å². The average molecular weight is 319 g/mol. The summed E-state index contributed by atoms with van der Waals surface area (Å²) in [4.78, 5) is 13.8. The highest BCUT2D eigenvalue weighted by Crippen LogP contribution is 2.24. The van der Waals surface area contributed by atoms with Crippen molar-refractivity contribution in [3.8, 4) is 5.69 Å². The van der Waals surface area contributed by atoms with E-state index in [-0.39, 0.29) is 5.91 Å². The SMILES string of the molecule is CN1Cc2ccc(NCc3nncn3-c3ccccc3)cc2C1=O. The molecule has 0 aliphatic carbocycles. The summed E-state index contributed by atoms with van der Waals surface area (Å²) in [7, 11) is 1.82. The van der Waals surface area contributed by atoms with E-state index in [1.54, 1.807) is 11.2 Å². The molecule has 0 unspecified atom stereocenters. The van der Waals surface area contributed by atoms with Crippen LogP contribution in [0.25, 0.3) is 5.69 Å². The van der Waals surface area contributed by atoms with Crippen molar-refractivity contribution in [1.82, 2.24) is 19.7 Å². The van der Waals surface area contributed by atoms with Crippen LogP contribution in [0, 0.1) is 0 Å². The molecule has 0 radical (unpaired) electrons. The molecule has 0 atom stereocenters. The number of aromatic nitrogens is 3. The predicted octanol–water partition coefficient (Wildman–Crippen LogP) is 2.47. The molecule has 24 heavy (non-hydrogen) atoms. The summed E-state index contributed by atoms with van der Waals surface area (Å²) in [6.45, 7) is 1.20. The summed E-state index contributed by atoms with van der Waals surface area (Å²) in [5, 5.41) is 11.5. The Morgan fingerprint density at radius 2 is 2.00 bits per heavy atom. The zero-order chi connectivity index (χ0) is 16.5. The van der Waals surface area contributed by atoms with Gasteiger partial charge in [-0.3, -0.25) is 9.36 Å². The van der Waals surface area contributed by atoms with Crippen LogP contribution in [0.4, 0.5) is 5.69 Å². The van der Waals surface area contributed by atoms with Crippen molar-refractivity contribution < 1.29 is 4.79 Å². The van der Waals surface area contributed by atoms with Gasteiger partial charge in [-0.2, -0.15) is 0 Å². The van der Waals surface area contributed by atoms with Crippen LogP contribution in [0.2, 0.25) is 0 Å². The molecule has 2 aromatic carbocycles. The van der Waals surface area contributed by atoms with Crippen LogP contribution in [0.3, 0.4) is 0 Å². The fraction of sp³-hybridized carbons (Fsp3) is 0.167. The van der Waals surface area contributed by atoms with Gasteiger partial charge in [0.1, 0.15) is 6.33 Å². The number of hydrogen-bond donors (Lipinski definition) is 1. The third-order valence-corrected chi connectivity index (χ3v) is 4.20. The third-order valence-electron chi connectivity index (χ3n) is 4.20. The van der Waals surface area contributed by atoms with E-state index >= 15 is 0 Å². The van der Waals surface area contributed by atoms with E-state index in [2.05, 4.69) is 15.5 Å². The maximum Gasteiger partial charge on any atom is 0.254 e. The van der Waals surface area contributed by atoms with Gasteiger partial charge in [-0.25, -0.2) is 0 Å². The molecular formula is C18H17N5O. The van der Waals surface area contributed by atoms with E-state index < -0.39 is 0 Å². The maximum atomic E-state index is 12.1. The Balaban J connectivity index is 1.53. The Bertz CT molecular complexity index is 887. The molecule has 3 aromatic rings. The zero-order valence-electron chi connectivity index (χ0n) is 13.3. The van der Waals surface area contributed by atoms with E-state index in [1.165, 1.54) is 0 Å². The number of fused-ring (bicyclic) bond motifs is 1. The number of rotatable bonds is 4. The summed E-state index contributed by atoms with van der Waals surface area (Å²) < 4.78 is 1.94. The quantitative estimate of drug-likeness (QED) is 0.802. The fourth-order valence-corrected chi connectivity index (χ4v) is 2.92. The largest absolute Gasteiger partial charge is 0.378 e. The Morgan fingerprint density at radius 3 is 2.83 bits per heavy atom. The van der Waals surface area contributed by atoms with Gasteiger partial charge in [-0.1, -0.05) is 24.3 Å². The van der Waals surface area contributed by atoms with E-state index in [0.29, 0.717) is 13.1 Å². The monoisotopic (exact) mass is 319 g/mol. The van der Waals surface area contributed by atoms with Gasteiger partial charge in [0.05, 0.1) is 6.54 Å².